The second-order valence-corrected chi connectivity index (χ2v) is 16.3. The van der Waals surface area contributed by atoms with Crippen molar-refractivity contribution in [3.05, 3.63) is 115 Å². The van der Waals surface area contributed by atoms with Gasteiger partial charge in [0.25, 0.3) is 5.91 Å². The van der Waals surface area contributed by atoms with Crippen molar-refractivity contribution in [3.8, 4) is 39.4 Å². The van der Waals surface area contributed by atoms with E-state index in [4.69, 9.17) is 24.2 Å². The highest BCUT2D eigenvalue weighted by molar-refractivity contribution is 5.91. The first kappa shape index (κ1) is 42.5. The van der Waals surface area contributed by atoms with Crippen molar-refractivity contribution in [2.45, 2.75) is 63.7 Å². The monoisotopic (exact) mass is 852 g/mol. The maximum Gasteiger partial charge on any atom is 0.407 e. The number of carbonyl (C=O) groups excluding carboxylic acids is 4. The number of methoxy groups -OCH3 is 3. The number of ether oxygens (including phenoxy) is 3. The number of aromatic amines is 2. The van der Waals surface area contributed by atoms with Crippen LogP contribution >= 0.6 is 0 Å². The van der Waals surface area contributed by atoms with Gasteiger partial charge in [0.2, 0.25) is 5.91 Å². The molecule has 0 spiro atoms. The molecule has 0 saturated carbocycles. The van der Waals surface area contributed by atoms with E-state index in [0.29, 0.717) is 30.2 Å². The summed E-state index contributed by atoms with van der Waals surface area (Å²) >= 11 is 0. The van der Waals surface area contributed by atoms with Gasteiger partial charge >= 0.3 is 12.2 Å². The normalized spacial score (nSPS) is 17.1. The predicted octanol–water partition coefficient (Wildman–Crippen LogP) is 8.10. The molecular weight excluding hydrogens is 801 g/mol. The summed E-state index contributed by atoms with van der Waals surface area (Å²) in [5, 5.41) is 7.58. The number of imidazole rings is 2. The molecule has 2 fully saturated rings. The zero-order valence-electron chi connectivity index (χ0n) is 36.0. The number of alkyl carbamates (subject to hydrolysis) is 2. The van der Waals surface area contributed by atoms with E-state index in [2.05, 4.69) is 81.3 Å². The van der Waals surface area contributed by atoms with Crippen LogP contribution < -0.4 is 15.4 Å². The molecule has 0 radical (unpaired) electrons. The van der Waals surface area contributed by atoms with Gasteiger partial charge in [0, 0.05) is 24.2 Å². The number of aromatic nitrogens is 4. The fourth-order valence-electron chi connectivity index (χ4n) is 8.77. The topological polar surface area (TPSA) is 184 Å². The zero-order valence-corrected chi connectivity index (χ0v) is 36.0. The van der Waals surface area contributed by atoms with Crippen LogP contribution in [0.15, 0.2) is 97.3 Å². The van der Waals surface area contributed by atoms with Crippen LogP contribution in [0.3, 0.4) is 0 Å². The van der Waals surface area contributed by atoms with E-state index in [1.165, 1.54) is 21.3 Å². The van der Waals surface area contributed by atoms with Crippen molar-refractivity contribution in [2.24, 2.45) is 5.92 Å². The molecule has 0 aliphatic carbocycles. The van der Waals surface area contributed by atoms with Crippen molar-refractivity contribution in [1.29, 1.82) is 0 Å². The van der Waals surface area contributed by atoms with Crippen LogP contribution in [0.2, 0.25) is 0 Å². The minimum absolute atomic E-state index is 0.111. The Hall–Kier alpha value is -7.16. The number of nitrogens with one attached hydrogen (secondary N) is 4. The second-order valence-electron chi connectivity index (χ2n) is 16.3. The summed E-state index contributed by atoms with van der Waals surface area (Å²) in [5.41, 5.74) is 6.32. The molecule has 4 N–H and O–H groups in total. The lowest BCUT2D eigenvalue weighted by Gasteiger charge is -2.30. The Balaban J connectivity index is 0.947. The summed E-state index contributed by atoms with van der Waals surface area (Å²) in [4.78, 5) is 72.1. The fourth-order valence-corrected chi connectivity index (χ4v) is 8.77. The number of fused-ring (bicyclic) bond motifs is 1. The summed E-state index contributed by atoms with van der Waals surface area (Å²) in [6, 6.07) is 25.9. The Morgan fingerprint density at radius 3 is 1.78 bits per heavy atom. The largest absolute Gasteiger partial charge is 0.496 e. The molecule has 4 amide bonds. The molecule has 2 aromatic heterocycles. The molecule has 4 aromatic carbocycles. The van der Waals surface area contributed by atoms with Crippen LogP contribution in [0.25, 0.3) is 44.4 Å². The summed E-state index contributed by atoms with van der Waals surface area (Å²) in [5.74, 6) is 1.36. The van der Waals surface area contributed by atoms with E-state index < -0.39 is 24.3 Å². The lowest BCUT2D eigenvalue weighted by Crippen LogP contribution is -2.51. The first-order chi connectivity index (χ1) is 30.6. The molecule has 1 unspecified atom stereocenters. The number of amides is 4. The number of hydrogen-bond donors (Lipinski definition) is 4. The first-order valence-electron chi connectivity index (χ1n) is 21.2. The molecule has 2 saturated heterocycles. The molecule has 15 nitrogen and oxygen atoms in total. The minimum atomic E-state index is -1.01. The Bertz CT molecular complexity index is 2620. The summed E-state index contributed by atoms with van der Waals surface area (Å²) in [6.45, 7) is 4.91. The van der Waals surface area contributed by atoms with Crippen LogP contribution in [0, 0.1) is 5.92 Å². The Labute approximate surface area is 365 Å². The van der Waals surface area contributed by atoms with Crippen LogP contribution in [-0.4, -0.2) is 94.2 Å². The lowest BCUT2D eigenvalue weighted by molar-refractivity contribution is -0.136. The Kier molecular flexibility index (Phi) is 12.4. The van der Waals surface area contributed by atoms with Crippen LogP contribution in [-0.2, 0) is 19.1 Å². The van der Waals surface area contributed by atoms with Crippen molar-refractivity contribution in [2.75, 3.05) is 34.4 Å². The molecule has 0 bridgehead atoms. The molecule has 6 aromatic rings. The van der Waals surface area contributed by atoms with Gasteiger partial charge in [-0.15, -0.1) is 0 Å². The second kappa shape index (κ2) is 18.4. The maximum absolute atomic E-state index is 14.1. The zero-order chi connectivity index (χ0) is 44.2. The number of benzene rings is 4. The third kappa shape index (κ3) is 8.81. The number of H-pyrrole nitrogens is 2. The highest BCUT2D eigenvalue weighted by Gasteiger charge is 2.39. The highest BCUT2D eigenvalue weighted by Crippen LogP contribution is 2.37. The molecule has 326 valence electrons. The van der Waals surface area contributed by atoms with Gasteiger partial charge in [-0.25, -0.2) is 19.6 Å². The van der Waals surface area contributed by atoms with Gasteiger partial charge in [-0.1, -0.05) is 80.6 Å². The van der Waals surface area contributed by atoms with Gasteiger partial charge in [0.05, 0.1) is 57.2 Å². The molecule has 2 aliphatic rings. The number of likely N-dealkylation sites (tertiary alicyclic amines) is 2. The van der Waals surface area contributed by atoms with Gasteiger partial charge in [-0.3, -0.25) is 9.59 Å². The van der Waals surface area contributed by atoms with Crippen LogP contribution in [0.1, 0.15) is 74.9 Å². The standard InChI is InChI=1S/C48H52N8O7/c1-28(2)41(53-47(59)62-4)45(57)55-22-8-11-38(55)44-50-27-37(52-44)34-21-20-32-24-31(18-19-33(32)25-34)29-14-16-30(17-15-29)36-26-49-43(51-36)39-12-9-23-56(39)46(58)42(54-48(60)63-5)35-10-6-7-13-40(35)61-3/h6-7,10,13-21,24-28,38-39,41-42H,8-9,11-12,22-23H2,1-5H3,(H,49,51)(H,50,52)(H,53,59)(H,54,60)/t38-,39-,41?,42+/m0/s1. The first-order valence-corrected chi connectivity index (χ1v) is 21.2. The molecule has 8 rings (SSSR count). The molecule has 15 heteroatoms. The van der Waals surface area contributed by atoms with Gasteiger partial charge in [-0.05, 0) is 77.3 Å². The van der Waals surface area contributed by atoms with E-state index >= 15 is 0 Å². The minimum Gasteiger partial charge on any atom is -0.496 e. The van der Waals surface area contributed by atoms with E-state index in [1.807, 2.05) is 31.0 Å². The number of para-hydroxylation sites is 1. The quantitative estimate of drug-likeness (QED) is 0.0945. The molecular formula is C48H52N8O7. The number of carbonyl (C=O) groups is 4. The van der Waals surface area contributed by atoms with Crippen LogP contribution in [0.5, 0.6) is 5.75 Å². The SMILES string of the molecule is COC(=O)NC(C(=O)N1CCC[C@H]1c1ncc(-c2ccc3cc(-c4ccc(-c5cnc([C@@H]6CCCN6C(=O)[C@H](NC(=O)OC)c6ccccc6OC)[nH]5)cc4)ccc3c2)[nH]1)C(C)C. The number of nitrogens with zero attached hydrogens (tertiary/aromatic N) is 4. The van der Waals surface area contributed by atoms with E-state index in [-0.39, 0.29) is 29.8 Å². The van der Waals surface area contributed by atoms with Crippen LogP contribution in [0.4, 0.5) is 9.59 Å². The van der Waals surface area contributed by atoms with E-state index in [1.54, 1.807) is 29.3 Å². The predicted molar refractivity (Wildman–Crippen MR) is 237 cm³/mol. The summed E-state index contributed by atoms with van der Waals surface area (Å²) < 4.78 is 15.2. The Morgan fingerprint density at radius 2 is 1.17 bits per heavy atom. The third-order valence-electron chi connectivity index (χ3n) is 12.1. The summed E-state index contributed by atoms with van der Waals surface area (Å²) in [6.07, 6.45) is 5.40. The fraction of sp³-hybridized carbons (Fsp3) is 0.333. The van der Waals surface area contributed by atoms with Gasteiger partial charge < -0.3 is 44.6 Å². The molecule has 63 heavy (non-hydrogen) atoms. The lowest BCUT2D eigenvalue weighted by atomic mass is 9.98. The van der Waals surface area contributed by atoms with Gasteiger partial charge in [0.15, 0.2) is 0 Å². The number of hydrogen-bond acceptors (Lipinski definition) is 9. The van der Waals surface area contributed by atoms with Gasteiger partial charge in [0.1, 0.15) is 29.5 Å². The molecule has 2 aliphatic heterocycles. The van der Waals surface area contributed by atoms with E-state index in [9.17, 15) is 19.2 Å². The van der Waals surface area contributed by atoms with Gasteiger partial charge in [-0.2, -0.15) is 0 Å². The molecule has 4 heterocycles. The average molecular weight is 853 g/mol. The maximum atomic E-state index is 14.1. The summed E-state index contributed by atoms with van der Waals surface area (Å²) in [7, 11) is 4.08. The van der Waals surface area contributed by atoms with Crippen molar-refractivity contribution in [3.63, 3.8) is 0 Å². The number of rotatable bonds is 12. The molecule has 4 atom stereocenters. The average Bonchev–Trinajstić information content (AvgIpc) is 4.16. The van der Waals surface area contributed by atoms with Crippen molar-refractivity contribution < 1.29 is 33.4 Å². The Morgan fingerprint density at radius 1 is 0.651 bits per heavy atom. The third-order valence-corrected chi connectivity index (χ3v) is 12.1. The van der Waals surface area contributed by atoms with Crippen molar-refractivity contribution >= 4 is 34.8 Å². The highest BCUT2D eigenvalue weighted by atomic mass is 16.5. The van der Waals surface area contributed by atoms with Crippen molar-refractivity contribution in [1.82, 2.24) is 40.4 Å². The van der Waals surface area contributed by atoms with E-state index in [0.717, 1.165) is 75.9 Å². The smallest absolute Gasteiger partial charge is 0.407 e.